The predicted octanol–water partition coefficient (Wildman–Crippen LogP) is 2.88. The molecular weight excluding hydrogens is 352 g/mol. The van der Waals surface area contributed by atoms with Gasteiger partial charge in [0.05, 0.1) is 17.2 Å². The molecule has 138 valence electrons. The van der Waals surface area contributed by atoms with Gasteiger partial charge in [-0.25, -0.2) is 8.42 Å². The predicted molar refractivity (Wildman–Crippen MR) is 99.6 cm³/mol. The molecule has 1 aliphatic heterocycles. The number of nitrogens with one attached hydrogen (secondary N) is 1. The van der Waals surface area contributed by atoms with Crippen LogP contribution < -0.4 is 10.1 Å². The van der Waals surface area contributed by atoms with E-state index in [1.54, 1.807) is 48.5 Å². The number of para-hydroxylation sites is 2. The Labute approximate surface area is 153 Å². The molecule has 6 nitrogen and oxygen atoms in total. The van der Waals surface area contributed by atoms with E-state index < -0.39 is 16.1 Å². The first kappa shape index (κ1) is 18.4. The standard InChI is InChI=1S/C19H22N2O4S/c1-2-25-18-13-7-6-11-16(18)20-19(22)17-12-8-14-21(17)26(23,24)15-9-4-3-5-10-15/h3-7,9-11,13,17H,2,8,12,14H2,1H3,(H,20,22). The lowest BCUT2D eigenvalue weighted by Crippen LogP contribution is -2.43. The van der Waals surface area contributed by atoms with Crippen molar-refractivity contribution in [2.75, 3.05) is 18.5 Å². The quantitative estimate of drug-likeness (QED) is 0.844. The summed E-state index contributed by atoms with van der Waals surface area (Å²) < 4.78 is 32.6. The fourth-order valence-corrected chi connectivity index (χ4v) is 4.76. The Bertz CT molecular complexity index is 868. The molecule has 2 aromatic carbocycles. The Balaban J connectivity index is 1.81. The first-order valence-electron chi connectivity index (χ1n) is 8.63. The summed E-state index contributed by atoms with van der Waals surface area (Å²) >= 11 is 0. The third-order valence-corrected chi connectivity index (χ3v) is 6.22. The molecule has 0 aliphatic carbocycles. The van der Waals surface area contributed by atoms with E-state index >= 15 is 0 Å². The van der Waals surface area contributed by atoms with Crippen molar-refractivity contribution >= 4 is 21.6 Å². The highest BCUT2D eigenvalue weighted by Crippen LogP contribution is 2.29. The monoisotopic (exact) mass is 374 g/mol. The van der Waals surface area contributed by atoms with E-state index in [9.17, 15) is 13.2 Å². The second-order valence-electron chi connectivity index (χ2n) is 6.01. The molecular formula is C19H22N2O4S. The lowest BCUT2D eigenvalue weighted by molar-refractivity contribution is -0.119. The van der Waals surface area contributed by atoms with Gasteiger partial charge in [0.15, 0.2) is 0 Å². The van der Waals surface area contributed by atoms with Crippen molar-refractivity contribution in [3.05, 3.63) is 54.6 Å². The number of hydrogen-bond acceptors (Lipinski definition) is 4. The maximum absolute atomic E-state index is 12.9. The topological polar surface area (TPSA) is 75.7 Å². The molecule has 0 spiro atoms. The van der Waals surface area contributed by atoms with Crippen LogP contribution in [0.15, 0.2) is 59.5 Å². The molecule has 1 saturated heterocycles. The number of rotatable bonds is 6. The van der Waals surface area contributed by atoms with Crippen molar-refractivity contribution < 1.29 is 17.9 Å². The molecule has 26 heavy (non-hydrogen) atoms. The molecule has 2 aromatic rings. The SMILES string of the molecule is CCOc1ccccc1NC(=O)C1CCCN1S(=O)(=O)c1ccccc1. The number of anilines is 1. The van der Waals surface area contributed by atoms with Crippen LogP contribution in [0.3, 0.4) is 0 Å². The van der Waals surface area contributed by atoms with E-state index in [1.807, 2.05) is 13.0 Å². The smallest absolute Gasteiger partial charge is 0.243 e. The molecule has 3 rings (SSSR count). The van der Waals surface area contributed by atoms with Gasteiger partial charge in [-0.2, -0.15) is 4.31 Å². The number of carbonyl (C=O) groups excluding carboxylic acids is 1. The van der Waals surface area contributed by atoms with Gasteiger partial charge in [0, 0.05) is 6.54 Å². The number of sulfonamides is 1. The van der Waals surface area contributed by atoms with Crippen molar-refractivity contribution in [1.29, 1.82) is 0 Å². The lowest BCUT2D eigenvalue weighted by Gasteiger charge is -2.23. The van der Waals surface area contributed by atoms with Gasteiger partial charge in [-0.15, -0.1) is 0 Å². The maximum atomic E-state index is 12.9. The highest BCUT2D eigenvalue weighted by atomic mass is 32.2. The number of benzene rings is 2. The third-order valence-electron chi connectivity index (χ3n) is 4.30. The van der Waals surface area contributed by atoms with Gasteiger partial charge in [0.25, 0.3) is 0 Å². The summed E-state index contributed by atoms with van der Waals surface area (Å²) in [5, 5.41) is 2.82. The van der Waals surface area contributed by atoms with Gasteiger partial charge in [0.1, 0.15) is 11.8 Å². The second kappa shape index (κ2) is 7.88. The number of ether oxygens (including phenoxy) is 1. The molecule has 0 radical (unpaired) electrons. The molecule has 1 aliphatic rings. The number of nitrogens with zero attached hydrogens (tertiary/aromatic N) is 1. The number of amides is 1. The van der Waals surface area contributed by atoms with E-state index in [2.05, 4.69) is 5.32 Å². The van der Waals surface area contributed by atoms with E-state index in [1.165, 1.54) is 4.31 Å². The fraction of sp³-hybridized carbons (Fsp3) is 0.316. The first-order chi connectivity index (χ1) is 12.5. The van der Waals surface area contributed by atoms with Crippen molar-refractivity contribution in [2.24, 2.45) is 0 Å². The van der Waals surface area contributed by atoms with Gasteiger partial charge in [-0.3, -0.25) is 4.79 Å². The molecule has 1 heterocycles. The molecule has 1 amide bonds. The number of hydrogen-bond donors (Lipinski definition) is 1. The van der Waals surface area contributed by atoms with Crippen LogP contribution >= 0.6 is 0 Å². The van der Waals surface area contributed by atoms with Crippen LogP contribution in [0.5, 0.6) is 5.75 Å². The zero-order valence-corrected chi connectivity index (χ0v) is 15.4. The summed E-state index contributed by atoms with van der Waals surface area (Å²) in [7, 11) is -3.70. The van der Waals surface area contributed by atoms with Crippen LogP contribution in [0.2, 0.25) is 0 Å². The second-order valence-corrected chi connectivity index (χ2v) is 7.90. The summed E-state index contributed by atoms with van der Waals surface area (Å²) in [6.45, 7) is 2.68. The van der Waals surface area contributed by atoms with Crippen molar-refractivity contribution in [3.8, 4) is 5.75 Å². The molecule has 1 atom stereocenters. The zero-order chi connectivity index (χ0) is 18.6. The van der Waals surface area contributed by atoms with Gasteiger partial charge in [-0.05, 0) is 44.0 Å². The largest absolute Gasteiger partial charge is 0.492 e. The molecule has 0 aromatic heterocycles. The minimum atomic E-state index is -3.70. The summed E-state index contributed by atoms with van der Waals surface area (Å²) in [4.78, 5) is 13.0. The van der Waals surface area contributed by atoms with E-state index in [0.717, 1.165) is 0 Å². The van der Waals surface area contributed by atoms with Crippen molar-refractivity contribution in [1.82, 2.24) is 4.31 Å². The minimum absolute atomic E-state index is 0.203. The van der Waals surface area contributed by atoms with Crippen LogP contribution in [0, 0.1) is 0 Å². The Hall–Kier alpha value is -2.38. The summed E-state index contributed by atoms with van der Waals surface area (Å²) in [5.74, 6) is 0.230. The molecule has 1 unspecified atom stereocenters. The van der Waals surface area contributed by atoms with Gasteiger partial charge < -0.3 is 10.1 Å². The van der Waals surface area contributed by atoms with E-state index in [0.29, 0.717) is 37.4 Å². The van der Waals surface area contributed by atoms with Gasteiger partial charge >= 0.3 is 0 Å². The first-order valence-corrected chi connectivity index (χ1v) is 10.1. The molecule has 1 fully saturated rings. The lowest BCUT2D eigenvalue weighted by atomic mass is 10.2. The third kappa shape index (κ3) is 3.73. The molecule has 1 N–H and O–H groups in total. The summed E-state index contributed by atoms with van der Waals surface area (Å²) in [5.41, 5.74) is 0.545. The minimum Gasteiger partial charge on any atom is -0.492 e. The highest BCUT2D eigenvalue weighted by Gasteiger charge is 2.39. The highest BCUT2D eigenvalue weighted by molar-refractivity contribution is 7.89. The molecule has 0 saturated carbocycles. The summed E-state index contributed by atoms with van der Waals surface area (Å²) in [6.07, 6.45) is 1.14. The van der Waals surface area contributed by atoms with Crippen molar-refractivity contribution in [3.63, 3.8) is 0 Å². The van der Waals surface area contributed by atoms with Crippen LogP contribution in [-0.2, 0) is 14.8 Å². The average molecular weight is 374 g/mol. The Morgan fingerprint density at radius 3 is 2.58 bits per heavy atom. The Morgan fingerprint density at radius 1 is 1.15 bits per heavy atom. The van der Waals surface area contributed by atoms with E-state index in [4.69, 9.17) is 4.74 Å². The van der Waals surface area contributed by atoms with Crippen molar-refractivity contribution in [2.45, 2.75) is 30.7 Å². The Morgan fingerprint density at radius 2 is 1.85 bits per heavy atom. The zero-order valence-electron chi connectivity index (χ0n) is 14.6. The van der Waals surface area contributed by atoms with Gasteiger partial charge in [-0.1, -0.05) is 30.3 Å². The Kier molecular flexibility index (Phi) is 5.58. The van der Waals surface area contributed by atoms with Crippen LogP contribution in [0.4, 0.5) is 5.69 Å². The van der Waals surface area contributed by atoms with Crippen LogP contribution in [0.1, 0.15) is 19.8 Å². The summed E-state index contributed by atoms with van der Waals surface area (Å²) in [6, 6.07) is 14.6. The maximum Gasteiger partial charge on any atom is 0.243 e. The number of carbonyl (C=O) groups is 1. The molecule has 0 bridgehead atoms. The van der Waals surface area contributed by atoms with Crippen LogP contribution in [0.25, 0.3) is 0 Å². The van der Waals surface area contributed by atoms with Gasteiger partial charge in [0.2, 0.25) is 15.9 Å². The fourth-order valence-electron chi connectivity index (χ4n) is 3.09. The average Bonchev–Trinajstić information content (AvgIpc) is 3.15. The normalized spacial score (nSPS) is 17.8. The van der Waals surface area contributed by atoms with E-state index in [-0.39, 0.29) is 10.8 Å². The van der Waals surface area contributed by atoms with Crippen LogP contribution in [-0.4, -0.2) is 37.8 Å². The molecule has 7 heteroatoms.